The van der Waals surface area contributed by atoms with Crippen molar-refractivity contribution >= 4 is 21.8 Å². The van der Waals surface area contributed by atoms with Gasteiger partial charge in [-0.3, -0.25) is 14.6 Å². The summed E-state index contributed by atoms with van der Waals surface area (Å²) in [6.07, 6.45) is 6.24. The van der Waals surface area contributed by atoms with E-state index in [0.717, 1.165) is 29.5 Å². The molecule has 2 unspecified atom stereocenters. The normalized spacial score (nSPS) is 17.9. The van der Waals surface area contributed by atoms with Crippen molar-refractivity contribution in [3.63, 3.8) is 0 Å². The molecule has 0 spiro atoms. The third-order valence-electron chi connectivity index (χ3n) is 7.47. The summed E-state index contributed by atoms with van der Waals surface area (Å²) < 4.78 is 33.8. The molecule has 204 valence electrons. The van der Waals surface area contributed by atoms with Crippen LogP contribution < -0.4 is 4.74 Å². The summed E-state index contributed by atoms with van der Waals surface area (Å²) >= 11 is 0. The first-order valence-electron chi connectivity index (χ1n) is 13.4. The number of sulfonamides is 1. The molecule has 0 N–H and O–H groups in total. The summed E-state index contributed by atoms with van der Waals surface area (Å²) in [5, 5.41) is 0. The fourth-order valence-corrected chi connectivity index (χ4v) is 6.74. The highest BCUT2D eigenvalue weighted by Crippen LogP contribution is 2.30. The van der Waals surface area contributed by atoms with Gasteiger partial charge in [0.05, 0.1) is 4.90 Å². The number of carbonyl (C=O) groups excluding carboxylic acids is 2. The molecular formula is C30H33N3O5S. The third-order valence-corrected chi connectivity index (χ3v) is 9.37. The summed E-state index contributed by atoms with van der Waals surface area (Å²) in [6, 6.07) is 18.2. The molecule has 1 aromatic heterocycles. The zero-order chi connectivity index (χ0) is 27.4. The number of nitrogens with zero attached hydrogens (tertiary/aromatic N) is 3. The van der Waals surface area contributed by atoms with Crippen molar-refractivity contribution in [3.8, 4) is 16.9 Å². The van der Waals surface area contributed by atoms with Crippen LogP contribution in [0.3, 0.4) is 0 Å². The van der Waals surface area contributed by atoms with E-state index in [4.69, 9.17) is 4.74 Å². The van der Waals surface area contributed by atoms with Crippen LogP contribution in [0.15, 0.2) is 78.0 Å². The molecule has 2 aliphatic heterocycles. The highest BCUT2D eigenvalue weighted by atomic mass is 32.2. The van der Waals surface area contributed by atoms with E-state index >= 15 is 0 Å². The minimum Gasteiger partial charge on any atom is -0.470 e. The van der Waals surface area contributed by atoms with E-state index in [1.165, 1.54) is 4.90 Å². The molecule has 2 aromatic carbocycles. The standard InChI is InChI=1S/C30H33N3O5S/c1-22(25-7-5-17-31-21-25)9-16-30(33-28(34)14-15-29(33)35)38-26-12-10-23(11-13-26)24-6-4-8-27(20-24)39(36,37)32-18-2-3-19-32/h4-8,10-13,17,20-22,30H,2-3,9,14-16,18-19H2,1H3. The SMILES string of the molecule is CC(CCC(Oc1ccc(-c2cccc(S(=O)(=O)N3CCCC3)c2)cc1)N1C(=O)CCC1=O)c1cccnc1. The van der Waals surface area contributed by atoms with Gasteiger partial charge in [-0.15, -0.1) is 0 Å². The Bertz CT molecular complexity index is 1400. The number of likely N-dealkylation sites (tertiary alicyclic amines) is 1. The molecule has 2 atom stereocenters. The lowest BCUT2D eigenvalue weighted by molar-refractivity contribution is -0.148. The second kappa shape index (κ2) is 11.7. The minimum atomic E-state index is -3.51. The summed E-state index contributed by atoms with van der Waals surface area (Å²) in [5.74, 6) is 0.286. The maximum atomic E-state index is 13.0. The molecule has 39 heavy (non-hydrogen) atoms. The predicted molar refractivity (Wildman–Crippen MR) is 147 cm³/mol. The largest absolute Gasteiger partial charge is 0.470 e. The lowest BCUT2D eigenvalue weighted by Gasteiger charge is -2.28. The van der Waals surface area contributed by atoms with Crippen molar-refractivity contribution in [3.05, 3.63) is 78.6 Å². The van der Waals surface area contributed by atoms with Crippen molar-refractivity contribution in [2.24, 2.45) is 0 Å². The smallest absolute Gasteiger partial charge is 0.243 e. The van der Waals surface area contributed by atoms with Crippen molar-refractivity contribution in [1.82, 2.24) is 14.2 Å². The van der Waals surface area contributed by atoms with E-state index in [1.807, 2.05) is 36.5 Å². The zero-order valence-corrected chi connectivity index (χ0v) is 22.8. The molecule has 5 rings (SSSR count). The molecule has 3 aromatic rings. The molecule has 9 heteroatoms. The third kappa shape index (κ3) is 6.04. The Hall–Kier alpha value is -3.56. The Morgan fingerprint density at radius 1 is 0.897 bits per heavy atom. The van der Waals surface area contributed by atoms with Gasteiger partial charge in [-0.1, -0.05) is 37.3 Å². The van der Waals surface area contributed by atoms with Gasteiger partial charge < -0.3 is 4.74 Å². The highest BCUT2D eigenvalue weighted by Gasteiger charge is 2.36. The number of aromatic nitrogens is 1. The van der Waals surface area contributed by atoms with Crippen LogP contribution in [-0.2, 0) is 19.6 Å². The molecule has 0 aliphatic carbocycles. The van der Waals surface area contributed by atoms with Crippen molar-refractivity contribution in [1.29, 1.82) is 0 Å². The van der Waals surface area contributed by atoms with Gasteiger partial charge in [-0.05, 0) is 72.2 Å². The van der Waals surface area contributed by atoms with Gasteiger partial charge in [-0.25, -0.2) is 13.3 Å². The number of rotatable bonds is 10. The van der Waals surface area contributed by atoms with Crippen molar-refractivity contribution < 1.29 is 22.7 Å². The van der Waals surface area contributed by atoms with Gasteiger partial charge in [0, 0.05) is 44.7 Å². The molecule has 2 amide bonds. The van der Waals surface area contributed by atoms with Gasteiger partial charge in [0.2, 0.25) is 21.8 Å². The molecule has 2 saturated heterocycles. The summed E-state index contributed by atoms with van der Waals surface area (Å²) in [5.41, 5.74) is 2.72. The Labute approximate surface area is 229 Å². The van der Waals surface area contributed by atoms with E-state index in [0.29, 0.717) is 31.7 Å². The number of hydrogen-bond acceptors (Lipinski definition) is 6. The number of hydrogen-bond donors (Lipinski definition) is 0. The number of benzene rings is 2. The quantitative estimate of drug-likeness (QED) is 0.333. The van der Waals surface area contributed by atoms with Gasteiger partial charge in [0.25, 0.3) is 0 Å². The van der Waals surface area contributed by atoms with Crippen LogP contribution >= 0.6 is 0 Å². The Morgan fingerprint density at radius 3 is 2.28 bits per heavy atom. The summed E-state index contributed by atoms with van der Waals surface area (Å²) in [4.78, 5) is 30.8. The van der Waals surface area contributed by atoms with Crippen LogP contribution in [0.5, 0.6) is 5.75 Å². The van der Waals surface area contributed by atoms with Crippen LogP contribution in [0.4, 0.5) is 0 Å². The van der Waals surface area contributed by atoms with E-state index in [-0.39, 0.29) is 35.5 Å². The first kappa shape index (κ1) is 27.0. The molecule has 2 aliphatic rings. The maximum absolute atomic E-state index is 13.0. The topological polar surface area (TPSA) is 96.9 Å². The zero-order valence-electron chi connectivity index (χ0n) is 22.0. The van der Waals surface area contributed by atoms with E-state index in [2.05, 4.69) is 11.9 Å². The van der Waals surface area contributed by atoms with Crippen LogP contribution in [0.2, 0.25) is 0 Å². The van der Waals surface area contributed by atoms with Crippen molar-refractivity contribution in [2.45, 2.75) is 62.5 Å². The monoisotopic (exact) mass is 547 g/mol. The van der Waals surface area contributed by atoms with E-state index in [1.54, 1.807) is 40.8 Å². The Balaban J connectivity index is 1.32. The Morgan fingerprint density at radius 2 is 1.62 bits per heavy atom. The average Bonchev–Trinajstić information content (AvgIpc) is 3.62. The Kier molecular flexibility index (Phi) is 8.09. The molecule has 8 nitrogen and oxygen atoms in total. The fourth-order valence-electron chi connectivity index (χ4n) is 5.18. The first-order chi connectivity index (χ1) is 18.8. The van der Waals surface area contributed by atoms with Crippen molar-refractivity contribution in [2.75, 3.05) is 13.1 Å². The summed E-state index contributed by atoms with van der Waals surface area (Å²) in [6.45, 7) is 3.21. The predicted octanol–water partition coefficient (Wildman–Crippen LogP) is 4.97. The number of amides is 2. The van der Waals surface area contributed by atoms with Gasteiger partial charge in [0.1, 0.15) is 5.75 Å². The van der Waals surface area contributed by atoms with Crippen LogP contribution in [0.1, 0.15) is 56.9 Å². The fraction of sp³-hybridized carbons (Fsp3) is 0.367. The number of carbonyl (C=O) groups is 2. The molecule has 2 fully saturated rings. The summed E-state index contributed by atoms with van der Waals surface area (Å²) in [7, 11) is -3.51. The number of imide groups is 1. The first-order valence-corrected chi connectivity index (χ1v) is 14.9. The van der Waals surface area contributed by atoms with E-state index in [9.17, 15) is 18.0 Å². The molecular weight excluding hydrogens is 514 g/mol. The molecule has 0 bridgehead atoms. The lowest BCUT2D eigenvalue weighted by atomic mass is 9.97. The molecule has 3 heterocycles. The van der Waals surface area contributed by atoms with E-state index < -0.39 is 16.3 Å². The van der Waals surface area contributed by atoms with Gasteiger partial charge >= 0.3 is 0 Å². The van der Waals surface area contributed by atoms with Crippen LogP contribution in [0, 0.1) is 0 Å². The second-order valence-electron chi connectivity index (χ2n) is 10.2. The molecule has 0 radical (unpaired) electrons. The number of ether oxygens (including phenoxy) is 1. The van der Waals surface area contributed by atoms with Crippen LogP contribution in [-0.4, -0.2) is 53.7 Å². The maximum Gasteiger partial charge on any atom is 0.243 e. The van der Waals surface area contributed by atoms with Crippen LogP contribution in [0.25, 0.3) is 11.1 Å². The highest BCUT2D eigenvalue weighted by molar-refractivity contribution is 7.89. The lowest BCUT2D eigenvalue weighted by Crippen LogP contribution is -2.43. The second-order valence-corrected chi connectivity index (χ2v) is 12.1. The number of pyridine rings is 1. The average molecular weight is 548 g/mol. The minimum absolute atomic E-state index is 0.184. The molecule has 0 saturated carbocycles. The van der Waals surface area contributed by atoms with Gasteiger partial charge in [0.15, 0.2) is 6.23 Å². The van der Waals surface area contributed by atoms with Gasteiger partial charge in [-0.2, -0.15) is 4.31 Å².